The van der Waals surface area contributed by atoms with Crippen LogP contribution < -0.4 is 11.1 Å². The Morgan fingerprint density at radius 3 is 2.58 bits per heavy atom. The Bertz CT molecular complexity index is 415. The number of nitrogens with one attached hydrogen (secondary N) is 1. The van der Waals surface area contributed by atoms with Crippen molar-refractivity contribution < 1.29 is 14.3 Å². The topological polar surface area (TPSA) is 81.4 Å². The lowest BCUT2D eigenvalue weighted by Crippen LogP contribution is -2.29. The minimum absolute atomic E-state index is 0.208. The molecule has 0 spiro atoms. The van der Waals surface area contributed by atoms with E-state index >= 15 is 0 Å². The summed E-state index contributed by atoms with van der Waals surface area (Å²) in [5, 5.41) is 2.64. The number of nitrogens with two attached hydrogens (primary N) is 1. The predicted octanol–water partition coefficient (Wildman–Crippen LogP) is 1.27. The summed E-state index contributed by atoms with van der Waals surface area (Å²) in [5.41, 5.74) is 7.28. The fraction of sp³-hybridized carbons (Fsp3) is 0.429. The van der Waals surface area contributed by atoms with Crippen molar-refractivity contribution in [2.75, 3.05) is 18.9 Å². The number of esters is 1. The second-order valence-electron chi connectivity index (χ2n) is 4.25. The van der Waals surface area contributed by atoms with Gasteiger partial charge in [0.1, 0.15) is 0 Å². The first kappa shape index (κ1) is 15.0. The lowest BCUT2D eigenvalue weighted by molar-refractivity contribution is -0.148. The van der Waals surface area contributed by atoms with E-state index in [0.29, 0.717) is 18.7 Å². The number of nitrogen functional groups attached to an aromatic ring is 1. The molecule has 104 valence electrons. The van der Waals surface area contributed by atoms with E-state index in [9.17, 15) is 9.59 Å². The molecule has 19 heavy (non-hydrogen) atoms. The molecule has 0 aromatic heterocycles. The summed E-state index contributed by atoms with van der Waals surface area (Å²) in [6.45, 7) is 2.35. The first-order valence-electron chi connectivity index (χ1n) is 6.38. The first-order valence-corrected chi connectivity index (χ1v) is 6.38. The molecule has 5 nitrogen and oxygen atoms in total. The van der Waals surface area contributed by atoms with Gasteiger partial charge in [0.2, 0.25) is 0 Å². The maximum atomic E-state index is 11.4. The van der Waals surface area contributed by atoms with E-state index in [-0.39, 0.29) is 24.9 Å². The van der Waals surface area contributed by atoms with Crippen LogP contribution in [0.5, 0.6) is 0 Å². The number of ether oxygens (including phenoxy) is 1. The Morgan fingerprint density at radius 2 is 1.95 bits per heavy atom. The van der Waals surface area contributed by atoms with Crippen LogP contribution in [0.1, 0.15) is 25.3 Å². The highest BCUT2D eigenvalue weighted by Gasteiger charge is 2.07. The molecule has 0 bridgehead atoms. The molecule has 1 rings (SSSR count). The smallest absolute Gasteiger partial charge is 0.306 e. The number of benzene rings is 1. The van der Waals surface area contributed by atoms with Crippen LogP contribution in [0, 0.1) is 0 Å². The fourth-order valence-electron chi connectivity index (χ4n) is 1.46. The van der Waals surface area contributed by atoms with Gasteiger partial charge in [-0.1, -0.05) is 19.1 Å². The number of carbonyl (C=O) groups excluding carboxylic acids is 2. The van der Waals surface area contributed by atoms with Gasteiger partial charge in [0.15, 0.2) is 6.61 Å². The molecule has 1 aromatic rings. The van der Waals surface area contributed by atoms with Crippen molar-refractivity contribution in [3.63, 3.8) is 0 Å². The second-order valence-corrected chi connectivity index (χ2v) is 4.25. The van der Waals surface area contributed by atoms with Crippen LogP contribution in [0.2, 0.25) is 0 Å². The normalized spacial score (nSPS) is 9.95. The van der Waals surface area contributed by atoms with E-state index < -0.39 is 0 Å². The first-order chi connectivity index (χ1) is 9.11. The Hall–Kier alpha value is -2.04. The molecular formula is C14H20N2O3. The largest absolute Gasteiger partial charge is 0.456 e. The molecule has 0 unspecified atom stereocenters. The van der Waals surface area contributed by atoms with Crippen molar-refractivity contribution in [1.29, 1.82) is 0 Å². The van der Waals surface area contributed by atoms with Crippen LogP contribution in [0.3, 0.4) is 0 Å². The van der Waals surface area contributed by atoms with E-state index in [1.807, 2.05) is 19.1 Å². The number of amides is 1. The molecule has 1 aromatic carbocycles. The number of rotatable bonds is 7. The Balaban J connectivity index is 2.21. The van der Waals surface area contributed by atoms with Gasteiger partial charge >= 0.3 is 5.97 Å². The highest BCUT2D eigenvalue weighted by Crippen LogP contribution is 2.07. The SMILES string of the molecule is CCCNC(=O)COC(=O)CCc1ccc(N)cc1. The highest BCUT2D eigenvalue weighted by atomic mass is 16.5. The van der Waals surface area contributed by atoms with Crippen molar-refractivity contribution in [3.05, 3.63) is 29.8 Å². The van der Waals surface area contributed by atoms with Crippen LogP contribution >= 0.6 is 0 Å². The minimum Gasteiger partial charge on any atom is -0.456 e. The molecule has 0 saturated heterocycles. The zero-order valence-electron chi connectivity index (χ0n) is 11.1. The number of hydrogen-bond donors (Lipinski definition) is 2. The highest BCUT2D eigenvalue weighted by molar-refractivity contribution is 5.80. The van der Waals surface area contributed by atoms with Gasteiger partial charge in [-0.25, -0.2) is 0 Å². The van der Waals surface area contributed by atoms with E-state index in [2.05, 4.69) is 5.32 Å². The van der Waals surface area contributed by atoms with Crippen LogP contribution in [-0.2, 0) is 20.7 Å². The number of aryl methyl sites for hydroxylation is 1. The van der Waals surface area contributed by atoms with Crippen molar-refractivity contribution in [2.24, 2.45) is 0 Å². The van der Waals surface area contributed by atoms with Gasteiger partial charge in [0.25, 0.3) is 5.91 Å². The standard InChI is InChI=1S/C14H20N2O3/c1-2-9-16-13(17)10-19-14(18)8-5-11-3-6-12(15)7-4-11/h3-4,6-7H,2,5,8-10,15H2,1H3,(H,16,17). The molecule has 0 heterocycles. The summed E-state index contributed by atoms with van der Waals surface area (Å²) in [6.07, 6.45) is 1.69. The Kier molecular flexibility index (Phi) is 6.43. The second kappa shape index (κ2) is 8.13. The van der Waals surface area contributed by atoms with E-state index in [0.717, 1.165) is 12.0 Å². The Labute approximate surface area is 113 Å². The van der Waals surface area contributed by atoms with Gasteiger partial charge in [-0.05, 0) is 30.5 Å². The number of carbonyl (C=O) groups is 2. The zero-order chi connectivity index (χ0) is 14.1. The van der Waals surface area contributed by atoms with Gasteiger partial charge in [0.05, 0.1) is 0 Å². The van der Waals surface area contributed by atoms with Crippen molar-refractivity contribution in [2.45, 2.75) is 26.2 Å². The molecule has 3 N–H and O–H groups in total. The van der Waals surface area contributed by atoms with Crippen LogP contribution in [0.25, 0.3) is 0 Å². The zero-order valence-corrected chi connectivity index (χ0v) is 11.1. The third kappa shape index (κ3) is 6.45. The summed E-state index contributed by atoms with van der Waals surface area (Å²) >= 11 is 0. The Morgan fingerprint density at radius 1 is 1.26 bits per heavy atom. The molecule has 1 amide bonds. The number of anilines is 1. The van der Waals surface area contributed by atoms with Crippen molar-refractivity contribution >= 4 is 17.6 Å². The molecule has 0 fully saturated rings. The van der Waals surface area contributed by atoms with Gasteiger partial charge in [0, 0.05) is 18.7 Å². The minimum atomic E-state index is -0.372. The van der Waals surface area contributed by atoms with Gasteiger partial charge in [-0.3, -0.25) is 9.59 Å². The monoisotopic (exact) mass is 264 g/mol. The molecule has 5 heteroatoms. The quantitative estimate of drug-likeness (QED) is 0.574. The molecule has 0 aliphatic carbocycles. The average Bonchev–Trinajstić information content (AvgIpc) is 2.42. The average molecular weight is 264 g/mol. The fourth-order valence-corrected chi connectivity index (χ4v) is 1.46. The molecule has 0 radical (unpaired) electrons. The molecule has 0 aliphatic heterocycles. The molecule has 0 aliphatic rings. The lowest BCUT2D eigenvalue weighted by atomic mass is 10.1. The summed E-state index contributed by atoms with van der Waals surface area (Å²) in [4.78, 5) is 22.7. The van der Waals surface area contributed by atoms with Crippen LogP contribution in [-0.4, -0.2) is 25.0 Å². The predicted molar refractivity (Wildman–Crippen MR) is 73.4 cm³/mol. The van der Waals surface area contributed by atoms with Crippen LogP contribution in [0.15, 0.2) is 24.3 Å². The van der Waals surface area contributed by atoms with E-state index in [1.54, 1.807) is 12.1 Å². The van der Waals surface area contributed by atoms with E-state index in [1.165, 1.54) is 0 Å². The third-order valence-electron chi connectivity index (χ3n) is 2.53. The molecule has 0 atom stereocenters. The van der Waals surface area contributed by atoms with Crippen molar-refractivity contribution in [1.82, 2.24) is 5.32 Å². The maximum absolute atomic E-state index is 11.4. The summed E-state index contributed by atoms with van der Waals surface area (Å²) < 4.78 is 4.87. The third-order valence-corrected chi connectivity index (χ3v) is 2.53. The summed E-state index contributed by atoms with van der Waals surface area (Å²) in [6, 6.07) is 7.32. The van der Waals surface area contributed by atoms with Crippen LogP contribution in [0.4, 0.5) is 5.69 Å². The summed E-state index contributed by atoms with van der Waals surface area (Å²) in [5.74, 6) is -0.633. The van der Waals surface area contributed by atoms with E-state index in [4.69, 9.17) is 10.5 Å². The maximum Gasteiger partial charge on any atom is 0.306 e. The van der Waals surface area contributed by atoms with Gasteiger partial charge in [-0.15, -0.1) is 0 Å². The lowest BCUT2D eigenvalue weighted by Gasteiger charge is -2.05. The summed E-state index contributed by atoms with van der Waals surface area (Å²) in [7, 11) is 0. The number of hydrogen-bond acceptors (Lipinski definition) is 4. The van der Waals surface area contributed by atoms with Gasteiger partial charge in [-0.2, -0.15) is 0 Å². The molecule has 0 saturated carbocycles. The molecular weight excluding hydrogens is 244 g/mol. The van der Waals surface area contributed by atoms with Gasteiger partial charge < -0.3 is 15.8 Å². The van der Waals surface area contributed by atoms with Crippen molar-refractivity contribution in [3.8, 4) is 0 Å².